The number of nitrogens with one attached hydrogen (secondary N) is 1. The summed E-state index contributed by atoms with van der Waals surface area (Å²) in [5.41, 5.74) is 1.19. The fourth-order valence-corrected chi connectivity index (χ4v) is 3.10. The van der Waals surface area contributed by atoms with Crippen LogP contribution in [0.25, 0.3) is 0 Å². The number of carbonyl (C=O) groups is 1. The molecule has 0 saturated carbocycles. The average molecular weight is 331 g/mol. The normalized spacial score (nSPS) is 12.0. The molecule has 1 aromatic heterocycles. The summed E-state index contributed by atoms with van der Waals surface area (Å²) in [6.45, 7) is 3.39. The maximum Gasteiger partial charge on any atom is 0.220 e. The minimum Gasteiger partial charge on any atom is -0.374 e. The van der Waals surface area contributed by atoms with Gasteiger partial charge in [-0.25, -0.2) is 0 Å². The van der Waals surface area contributed by atoms with E-state index in [1.165, 1.54) is 10.4 Å². The lowest BCUT2D eigenvalue weighted by Crippen LogP contribution is -2.25. The van der Waals surface area contributed by atoms with Crippen molar-refractivity contribution >= 4 is 17.2 Å². The van der Waals surface area contributed by atoms with Gasteiger partial charge in [0.25, 0.3) is 0 Å². The molecular formula is C19H25NO2S. The minimum absolute atomic E-state index is 0.0951. The van der Waals surface area contributed by atoms with Crippen molar-refractivity contribution in [1.29, 1.82) is 0 Å². The van der Waals surface area contributed by atoms with Gasteiger partial charge in [-0.15, -0.1) is 11.3 Å². The van der Waals surface area contributed by atoms with Gasteiger partial charge in [-0.1, -0.05) is 36.4 Å². The monoisotopic (exact) mass is 331 g/mol. The molecule has 0 radical (unpaired) electrons. The van der Waals surface area contributed by atoms with E-state index in [0.29, 0.717) is 19.6 Å². The molecule has 1 aromatic carbocycles. The Hall–Kier alpha value is -1.65. The highest BCUT2D eigenvalue weighted by Crippen LogP contribution is 2.15. The average Bonchev–Trinajstić information content (AvgIpc) is 3.08. The number of ether oxygens (including phenoxy) is 1. The molecule has 124 valence electrons. The molecule has 23 heavy (non-hydrogen) atoms. The number of hydrogen-bond donors (Lipinski definition) is 1. The lowest BCUT2D eigenvalue weighted by molar-refractivity contribution is -0.121. The SMILES string of the molecule is CC(OCCCNC(=O)CCCc1cccs1)c1ccccc1. The molecule has 1 N–H and O–H groups in total. The van der Waals surface area contributed by atoms with Crippen LogP contribution in [0, 0.1) is 0 Å². The molecule has 1 amide bonds. The van der Waals surface area contributed by atoms with Crippen LogP contribution in [0.2, 0.25) is 0 Å². The number of amides is 1. The summed E-state index contributed by atoms with van der Waals surface area (Å²) in [4.78, 5) is 13.1. The highest BCUT2D eigenvalue weighted by Gasteiger charge is 2.05. The Balaban J connectivity index is 1.49. The van der Waals surface area contributed by atoms with Gasteiger partial charge in [-0.05, 0) is 43.2 Å². The van der Waals surface area contributed by atoms with Crippen molar-refractivity contribution in [3.63, 3.8) is 0 Å². The second-order valence-electron chi connectivity index (χ2n) is 5.56. The molecule has 1 atom stereocenters. The third kappa shape index (κ3) is 6.97. The van der Waals surface area contributed by atoms with Gasteiger partial charge in [0, 0.05) is 24.4 Å². The summed E-state index contributed by atoms with van der Waals surface area (Å²) in [5, 5.41) is 5.04. The highest BCUT2D eigenvalue weighted by molar-refractivity contribution is 7.09. The number of hydrogen-bond acceptors (Lipinski definition) is 3. The Morgan fingerprint density at radius 3 is 2.74 bits per heavy atom. The summed E-state index contributed by atoms with van der Waals surface area (Å²) in [6, 6.07) is 14.4. The van der Waals surface area contributed by atoms with E-state index in [1.807, 2.05) is 18.2 Å². The zero-order valence-electron chi connectivity index (χ0n) is 13.7. The molecular weight excluding hydrogens is 306 g/mol. The molecule has 0 bridgehead atoms. The van der Waals surface area contributed by atoms with Crippen LogP contribution in [-0.2, 0) is 16.0 Å². The first-order valence-corrected chi connectivity index (χ1v) is 9.09. The molecule has 2 rings (SSSR count). The van der Waals surface area contributed by atoms with E-state index in [0.717, 1.165) is 19.3 Å². The summed E-state index contributed by atoms with van der Waals surface area (Å²) >= 11 is 1.75. The number of benzene rings is 1. The van der Waals surface area contributed by atoms with Crippen molar-refractivity contribution in [2.45, 2.75) is 38.7 Å². The fourth-order valence-electron chi connectivity index (χ4n) is 2.35. The Morgan fingerprint density at radius 2 is 2.00 bits per heavy atom. The molecule has 1 unspecified atom stereocenters. The minimum atomic E-state index is 0.0951. The second kappa shape index (κ2) is 10.2. The van der Waals surface area contributed by atoms with Crippen LogP contribution in [0.5, 0.6) is 0 Å². The lowest BCUT2D eigenvalue weighted by atomic mass is 10.1. The van der Waals surface area contributed by atoms with Gasteiger partial charge in [-0.2, -0.15) is 0 Å². The Kier molecular flexibility index (Phi) is 7.84. The van der Waals surface area contributed by atoms with Gasteiger partial charge in [-0.3, -0.25) is 4.79 Å². The maximum absolute atomic E-state index is 11.7. The van der Waals surface area contributed by atoms with E-state index in [2.05, 4.69) is 41.9 Å². The van der Waals surface area contributed by atoms with Crippen LogP contribution >= 0.6 is 11.3 Å². The summed E-state index contributed by atoms with van der Waals surface area (Å²) in [6.07, 6.45) is 3.43. The van der Waals surface area contributed by atoms with E-state index >= 15 is 0 Å². The summed E-state index contributed by atoms with van der Waals surface area (Å²) in [7, 11) is 0. The molecule has 2 aromatic rings. The molecule has 0 fully saturated rings. The predicted molar refractivity (Wildman–Crippen MR) is 95.7 cm³/mol. The summed E-state index contributed by atoms with van der Waals surface area (Å²) in [5.74, 6) is 0.137. The van der Waals surface area contributed by atoms with Crippen molar-refractivity contribution in [3.8, 4) is 0 Å². The van der Waals surface area contributed by atoms with Gasteiger partial charge >= 0.3 is 0 Å². The van der Waals surface area contributed by atoms with E-state index in [9.17, 15) is 4.79 Å². The zero-order chi connectivity index (χ0) is 16.3. The Morgan fingerprint density at radius 1 is 1.17 bits per heavy atom. The molecule has 1 heterocycles. The van der Waals surface area contributed by atoms with Crippen molar-refractivity contribution in [1.82, 2.24) is 5.32 Å². The molecule has 0 aliphatic heterocycles. The van der Waals surface area contributed by atoms with Gasteiger partial charge in [0.05, 0.1) is 6.10 Å². The Labute approximate surface area is 142 Å². The second-order valence-corrected chi connectivity index (χ2v) is 6.59. The molecule has 0 spiro atoms. The van der Waals surface area contributed by atoms with Crippen molar-refractivity contribution in [3.05, 3.63) is 58.3 Å². The van der Waals surface area contributed by atoms with E-state index in [-0.39, 0.29) is 12.0 Å². The van der Waals surface area contributed by atoms with Crippen LogP contribution in [0.1, 0.15) is 42.7 Å². The summed E-state index contributed by atoms with van der Waals surface area (Å²) < 4.78 is 5.79. The smallest absolute Gasteiger partial charge is 0.220 e. The molecule has 0 aliphatic rings. The van der Waals surface area contributed by atoms with Crippen molar-refractivity contribution in [2.75, 3.05) is 13.2 Å². The Bertz CT molecular complexity index is 554. The number of carbonyl (C=O) groups excluding carboxylic acids is 1. The predicted octanol–water partition coefficient (Wildman–Crippen LogP) is 4.35. The largest absolute Gasteiger partial charge is 0.374 e. The van der Waals surface area contributed by atoms with Crippen LogP contribution in [0.3, 0.4) is 0 Å². The van der Waals surface area contributed by atoms with E-state index in [4.69, 9.17) is 4.74 Å². The van der Waals surface area contributed by atoms with Gasteiger partial charge in [0.1, 0.15) is 0 Å². The van der Waals surface area contributed by atoms with E-state index in [1.54, 1.807) is 11.3 Å². The van der Waals surface area contributed by atoms with Gasteiger partial charge in [0.15, 0.2) is 0 Å². The van der Waals surface area contributed by atoms with Gasteiger partial charge < -0.3 is 10.1 Å². The molecule has 0 saturated heterocycles. The fraction of sp³-hybridized carbons (Fsp3) is 0.421. The maximum atomic E-state index is 11.7. The topological polar surface area (TPSA) is 38.3 Å². The van der Waals surface area contributed by atoms with Crippen molar-refractivity contribution < 1.29 is 9.53 Å². The third-order valence-electron chi connectivity index (χ3n) is 3.69. The van der Waals surface area contributed by atoms with E-state index < -0.39 is 0 Å². The van der Waals surface area contributed by atoms with Crippen LogP contribution in [-0.4, -0.2) is 19.1 Å². The lowest BCUT2D eigenvalue weighted by Gasteiger charge is -2.13. The molecule has 3 nitrogen and oxygen atoms in total. The van der Waals surface area contributed by atoms with Crippen LogP contribution < -0.4 is 5.32 Å². The first-order valence-electron chi connectivity index (χ1n) is 8.21. The molecule has 0 aliphatic carbocycles. The van der Waals surface area contributed by atoms with Gasteiger partial charge in [0.2, 0.25) is 5.91 Å². The number of thiophene rings is 1. The first-order chi connectivity index (χ1) is 11.3. The van der Waals surface area contributed by atoms with Crippen LogP contribution in [0.15, 0.2) is 47.8 Å². The quantitative estimate of drug-likeness (QED) is 0.657. The highest BCUT2D eigenvalue weighted by atomic mass is 32.1. The standard InChI is InChI=1S/C19H25NO2S/c1-16(17-8-3-2-4-9-17)22-14-7-13-20-19(21)12-5-10-18-11-6-15-23-18/h2-4,6,8-9,11,15-16H,5,7,10,12-14H2,1H3,(H,20,21). The first kappa shape index (κ1) is 17.7. The third-order valence-corrected chi connectivity index (χ3v) is 4.62. The molecule has 4 heteroatoms. The van der Waals surface area contributed by atoms with Crippen LogP contribution in [0.4, 0.5) is 0 Å². The number of rotatable bonds is 10. The number of aryl methyl sites for hydroxylation is 1. The zero-order valence-corrected chi connectivity index (χ0v) is 14.5. The van der Waals surface area contributed by atoms with Crippen molar-refractivity contribution in [2.24, 2.45) is 0 Å².